The highest BCUT2D eigenvalue weighted by molar-refractivity contribution is 6.31. The van der Waals surface area contributed by atoms with Gasteiger partial charge >= 0.3 is 5.69 Å². The fraction of sp³-hybridized carbons (Fsp3) is 0.182. The van der Waals surface area contributed by atoms with Crippen molar-refractivity contribution in [3.8, 4) is 0 Å². The normalized spacial score (nSPS) is 12.4. The van der Waals surface area contributed by atoms with E-state index in [-0.39, 0.29) is 16.3 Å². The van der Waals surface area contributed by atoms with E-state index in [1.807, 2.05) is 0 Å². The third-order valence-corrected chi connectivity index (χ3v) is 2.94. The highest BCUT2D eigenvalue weighted by Crippen LogP contribution is 2.28. The molecule has 0 saturated heterocycles. The molecule has 1 aromatic carbocycles. The van der Waals surface area contributed by atoms with Crippen LogP contribution < -0.4 is 0 Å². The molecular formula is C11H9ClFN3O2. The topological polar surface area (TPSA) is 61.0 Å². The van der Waals surface area contributed by atoms with Gasteiger partial charge in [-0.15, -0.1) is 0 Å². The van der Waals surface area contributed by atoms with Crippen molar-refractivity contribution in [2.24, 2.45) is 0 Å². The summed E-state index contributed by atoms with van der Waals surface area (Å²) >= 11 is 5.93. The van der Waals surface area contributed by atoms with Crippen molar-refractivity contribution >= 4 is 17.3 Å². The summed E-state index contributed by atoms with van der Waals surface area (Å²) in [6.45, 7) is 1.67. The lowest BCUT2D eigenvalue weighted by atomic mass is 10.1. The fourth-order valence-electron chi connectivity index (χ4n) is 1.68. The van der Waals surface area contributed by atoms with Crippen LogP contribution in [0.4, 0.5) is 10.1 Å². The number of hydrogen-bond donors (Lipinski definition) is 0. The zero-order valence-electron chi connectivity index (χ0n) is 9.38. The molecule has 94 valence electrons. The molecule has 1 atom stereocenters. The third-order valence-electron chi connectivity index (χ3n) is 2.61. The van der Waals surface area contributed by atoms with Gasteiger partial charge in [-0.25, -0.2) is 4.39 Å². The molecule has 2 rings (SSSR count). The Labute approximate surface area is 107 Å². The molecule has 0 N–H and O–H groups in total. The van der Waals surface area contributed by atoms with Gasteiger partial charge in [-0.2, -0.15) is 5.10 Å². The first kappa shape index (κ1) is 12.5. The molecule has 0 spiro atoms. The Balaban J connectivity index is 2.41. The summed E-state index contributed by atoms with van der Waals surface area (Å²) in [6, 6.07) is 3.83. The maximum atomic E-state index is 13.7. The van der Waals surface area contributed by atoms with Gasteiger partial charge in [0.2, 0.25) is 0 Å². The minimum atomic E-state index is -0.556. The summed E-state index contributed by atoms with van der Waals surface area (Å²) in [4.78, 5) is 10.0. The van der Waals surface area contributed by atoms with E-state index in [9.17, 15) is 14.5 Å². The number of nitrogens with zero attached hydrogens (tertiary/aromatic N) is 3. The van der Waals surface area contributed by atoms with Gasteiger partial charge in [0.1, 0.15) is 18.2 Å². The van der Waals surface area contributed by atoms with Crippen LogP contribution in [0.3, 0.4) is 0 Å². The first-order valence-corrected chi connectivity index (χ1v) is 5.51. The van der Waals surface area contributed by atoms with Crippen molar-refractivity contribution < 1.29 is 9.31 Å². The molecule has 1 unspecified atom stereocenters. The third kappa shape index (κ3) is 2.19. The number of halogens is 2. The van der Waals surface area contributed by atoms with Crippen LogP contribution in [-0.2, 0) is 0 Å². The lowest BCUT2D eigenvalue weighted by molar-refractivity contribution is -0.385. The van der Waals surface area contributed by atoms with Crippen LogP contribution in [-0.4, -0.2) is 14.7 Å². The van der Waals surface area contributed by atoms with Crippen molar-refractivity contribution in [3.63, 3.8) is 0 Å². The summed E-state index contributed by atoms with van der Waals surface area (Å²) < 4.78 is 15.0. The molecule has 0 aliphatic heterocycles. The van der Waals surface area contributed by atoms with E-state index >= 15 is 0 Å². The number of hydrogen-bond acceptors (Lipinski definition) is 3. The van der Waals surface area contributed by atoms with E-state index in [0.29, 0.717) is 0 Å². The van der Waals surface area contributed by atoms with E-state index in [1.54, 1.807) is 13.0 Å². The van der Waals surface area contributed by atoms with Gasteiger partial charge in [0.15, 0.2) is 0 Å². The Morgan fingerprint density at radius 2 is 2.28 bits per heavy atom. The minimum absolute atomic E-state index is 0.144. The van der Waals surface area contributed by atoms with Gasteiger partial charge in [0, 0.05) is 10.6 Å². The molecule has 0 aliphatic carbocycles. The molecule has 0 fully saturated rings. The van der Waals surface area contributed by atoms with Gasteiger partial charge < -0.3 is 0 Å². The summed E-state index contributed by atoms with van der Waals surface area (Å²) in [6.07, 6.45) is 2.36. The highest BCUT2D eigenvalue weighted by Gasteiger charge is 2.19. The summed E-state index contributed by atoms with van der Waals surface area (Å²) in [5, 5.41) is 14.7. The lowest BCUT2D eigenvalue weighted by Gasteiger charge is -2.14. The first-order chi connectivity index (χ1) is 8.50. The predicted molar refractivity (Wildman–Crippen MR) is 64.1 cm³/mol. The monoisotopic (exact) mass is 269 g/mol. The van der Waals surface area contributed by atoms with Crippen LogP contribution >= 0.6 is 11.6 Å². The molecule has 7 heteroatoms. The van der Waals surface area contributed by atoms with Crippen molar-refractivity contribution in [2.45, 2.75) is 13.0 Å². The molecule has 0 saturated carbocycles. The Hall–Kier alpha value is -1.95. The number of aromatic nitrogens is 2. The standard InChI is InChI=1S/C11H9ClFN3O2/c1-7(11-9(12)3-2-4-10(11)13)15-6-8(5-14-15)16(17)18/h2-7H,1H3. The molecule has 1 heterocycles. The quantitative estimate of drug-likeness (QED) is 0.635. The summed E-state index contributed by atoms with van der Waals surface area (Å²) in [5.74, 6) is -0.465. The van der Waals surface area contributed by atoms with Gasteiger partial charge in [-0.3, -0.25) is 14.8 Å². The summed E-state index contributed by atoms with van der Waals surface area (Å²) in [7, 11) is 0. The van der Waals surface area contributed by atoms with E-state index in [0.717, 1.165) is 6.20 Å². The van der Waals surface area contributed by atoms with Crippen LogP contribution in [0.15, 0.2) is 30.6 Å². The molecule has 0 aliphatic rings. The van der Waals surface area contributed by atoms with Gasteiger partial charge in [0.25, 0.3) is 0 Å². The molecule has 1 aromatic heterocycles. The van der Waals surface area contributed by atoms with Crippen LogP contribution in [0.2, 0.25) is 5.02 Å². The van der Waals surface area contributed by atoms with Gasteiger partial charge in [-0.1, -0.05) is 17.7 Å². The van der Waals surface area contributed by atoms with Crippen LogP contribution in [0.5, 0.6) is 0 Å². The summed E-state index contributed by atoms with van der Waals surface area (Å²) in [5.41, 5.74) is 0.117. The minimum Gasteiger partial charge on any atom is -0.258 e. The number of nitro groups is 1. The van der Waals surface area contributed by atoms with Crippen LogP contribution in [0.1, 0.15) is 18.5 Å². The average molecular weight is 270 g/mol. The van der Waals surface area contributed by atoms with Gasteiger partial charge in [-0.05, 0) is 19.1 Å². The first-order valence-electron chi connectivity index (χ1n) is 5.13. The highest BCUT2D eigenvalue weighted by atomic mass is 35.5. The maximum absolute atomic E-state index is 13.7. The SMILES string of the molecule is CC(c1c(F)cccc1Cl)n1cc([N+](=O)[O-])cn1. The fourth-order valence-corrected chi connectivity index (χ4v) is 2.00. The van der Waals surface area contributed by atoms with Crippen molar-refractivity contribution in [1.29, 1.82) is 0 Å². The molecular weight excluding hydrogens is 261 g/mol. The van der Waals surface area contributed by atoms with Crippen molar-refractivity contribution in [2.75, 3.05) is 0 Å². The largest absolute Gasteiger partial charge is 0.307 e. The van der Waals surface area contributed by atoms with E-state index < -0.39 is 16.8 Å². The maximum Gasteiger partial charge on any atom is 0.307 e. The number of rotatable bonds is 3. The van der Waals surface area contributed by atoms with E-state index in [1.165, 1.54) is 23.0 Å². The smallest absolute Gasteiger partial charge is 0.258 e. The van der Waals surface area contributed by atoms with E-state index in [2.05, 4.69) is 5.10 Å². The second-order valence-corrected chi connectivity index (χ2v) is 4.15. The molecule has 2 aromatic rings. The molecule has 5 nitrogen and oxygen atoms in total. The van der Waals surface area contributed by atoms with Crippen LogP contribution in [0.25, 0.3) is 0 Å². The zero-order valence-corrected chi connectivity index (χ0v) is 10.1. The Morgan fingerprint density at radius 1 is 1.56 bits per heavy atom. The second-order valence-electron chi connectivity index (χ2n) is 3.75. The van der Waals surface area contributed by atoms with E-state index in [4.69, 9.17) is 11.6 Å². The number of benzene rings is 1. The molecule has 0 bridgehead atoms. The van der Waals surface area contributed by atoms with Crippen molar-refractivity contribution in [1.82, 2.24) is 9.78 Å². The predicted octanol–water partition coefficient (Wildman–Crippen LogP) is 3.19. The molecule has 18 heavy (non-hydrogen) atoms. The van der Waals surface area contributed by atoms with Crippen molar-refractivity contribution in [3.05, 3.63) is 57.1 Å². The Bertz CT molecular complexity index is 579. The zero-order chi connectivity index (χ0) is 13.3. The molecule has 0 radical (unpaired) electrons. The molecule has 0 amide bonds. The Morgan fingerprint density at radius 3 is 2.83 bits per heavy atom. The second kappa shape index (κ2) is 4.73. The lowest BCUT2D eigenvalue weighted by Crippen LogP contribution is -2.09. The average Bonchev–Trinajstić information content (AvgIpc) is 2.77. The Kier molecular flexibility index (Phi) is 3.29. The van der Waals surface area contributed by atoms with Crippen LogP contribution in [0, 0.1) is 15.9 Å². The van der Waals surface area contributed by atoms with Gasteiger partial charge in [0.05, 0.1) is 11.0 Å².